The molecule has 0 bridgehead atoms. The van der Waals surface area contributed by atoms with Crippen LogP contribution in [0.2, 0.25) is 0 Å². The molecule has 0 saturated heterocycles. The van der Waals surface area contributed by atoms with E-state index < -0.39 is 0 Å². The van der Waals surface area contributed by atoms with Crippen LogP contribution in [0.15, 0.2) is 16.7 Å². The standard InChI is InChI=1S/C15H26N2O2/c1-12(13-4-5-13)17(7-9-18-3)11-14-6-8-19-15(14)10-16-2/h6,8,12-13,16H,4-5,7,9-11H2,1-3H3. The Morgan fingerprint density at radius 3 is 2.95 bits per heavy atom. The number of hydrogen-bond acceptors (Lipinski definition) is 4. The van der Waals surface area contributed by atoms with Gasteiger partial charge in [-0.05, 0) is 38.8 Å². The fraction of sp³-hybridized carbons (Fsp3) is 0.733. The van der Waals surface area contributed by atoms with Crippen LogP contribution in [0.3, 0.4) is 0 Å². The molecule has 1 unspecified atom stereocenters. The Balaban J connectivity index is 1.98. The average molecular weight is 266 g/mol. The third-order valence-electron chi connectivity index (χ3n) is 4.01. The van der Waals surface area contributed by atoms with E-state index in [0.29, 0.717) is 6.04 Å². The fourth-order valence-electron chi connectivity index (χ4n) is 2.55. The zero-order valence-corrected chi connectivity index (χ0v) is 12.3. The molecule has 19 heavy (non-hydrogen) atoms. The predicted molar refractivity (Wildman–Crippen MR) is 75.9 cm³/mol. The molecular weight excluding hydrogens is 240 g/mol. The first kappa shape index (κ1) is 14.6. The first-order valence-electron chi connectivity index (χ1n) is 7.19. The quantitative estimate of drug-likeness (QED) is 0.744. The highest BCUT2D eigenvalue weighted by Crippen LogP contribution is 2.35. The van der Waals surface area contributed by atoms with E-state index in [-0.39, 0.29) is 0 Å². The van der Waals surface area contributed by atoms with Crippen LogP contribution in [0.4, 0.5) is 0 Å². The molecule has 0 radical (unpaired) electrons. The van der Waals surface area contributed by atoms with Crippen LogP contribution < -0.4 is 5.32 Å². The summed E-state index contributed by atoms with van der Waals surface area (Å²) in [5.74, 6) is 1.92. The third-order valence-corrected chi connectivity index (χ3v) is 4.01. The number of nitrogens with zero attached hydrogens (tertiary/aromatic N) is 1. The Morgan fingerprint density at radius 1 is 1.53 bits per heavy atom. The van der Waals surface area contributed by atoms with Gasteiger partial charge in [-0.25, -0.2) is 0 Å². The third kappa shape index (κ3) is 4.06. The minimum atomic E-state index is 0.632. The molecule has 0 amide bonds. The minimum Gasteiger partial charge on any atom is -0.468 e. The normalized spacial score (nSPS) is 17.1. The molecule has 4 heteroatoms. The summed E-state index contributed by atoms with van der Waals surface area (Å²) in [4.78, 5) is 2.52. The smallest absolute Gasteiger partial charge is 0.122 e. The van der Waals surface area contributed by atoms with Gasteiger partial charge in [0.1, 0.15) is 5.76 Å². The molecule has 1 heterocycles. The number of methoxy groups -OCH3 is 1. The molecule has 2 rings (SSSR count). The minimum absolute atomic E-state index is 0.632. The second kappa shape index (κ2) is 7.08. The lowest BCUT2D eigenvalue weighted by molar-refractivity contribution is 0.111. The van der Waals surface area contributed by atoms with Crippen LogP contribution in [0, 0.1) is 5.92 Å². The van der Waals surface area contributed by atoms with Crippen molar-refractivity contribution in [2.75, 3.05) is 27.3 Å². The summed E-state index contributed by atoms with van der Waals surface area (Å²) in [6, 6.07) is 2.72. The van der Waals surface area contributed by atoms with Gasteiger partial charge < -0.3 is 14.5 Å². The Morgan fingerprint density at radius 2 is 2.32 bits per heavy atom. The highest BCUT2D eigenvalue weighted by atomic mass is 16.5. The molecule has 4 nitrogen and oxygen atoms in total. The van der Waals surface area contributed by atoms with Crippen molar-refractivity contribution in [3.63, 3.8) is 0 Å². The highest BCUT2D eigenvalue weighted by Gasteiger charge is 2.32. The van der Waals surface area contributed by atoms with Crippen molar-refractivity contribution in [1.82, 2.24) is 10.2 Å². The van der Waals surface area contributed by atoms with Crippen LogP contribution >= 0.6 is 0 Å². The van der Waals surface area contributed by atoms with E-state index in [2.05, 4.69) is 23.2 Å². The maximum atomic E-state index is 5.55. The van der Waals surface area contributed by atoms with Crippen LogP contribution in [0.1, 0.15) is 31.1 Å². The molecular formula is C15H26N2O2. The molecule has 1 aromatic heterocycles. The molecule has 108 valence electrons. The van der Waals surface area contributed by atoms with Crippen molar-refractivity contribution in [2.45, 2.75) is 38.9 Å². The van der Waals surface area contributed by atoms with Gasteiger partial charge in [-0.15, -0.1) is 0 Å². The first-order valence-corrected chi connectivity index (χ1v) is 7.19. The van der Waals surface area contributed by atoms with Gasteiger partial charge in [-0.2, -0.15) is 0 Å². The first-order chi connectivity index (χ1) is 9.26. The highest BCUT2D eigenvalue weighted by molar-refractivity contribution is 5.17. The van der Waals surface area contributed by atoms with E-state index in [4.69, 9.17) is 9.15 Å². The molecule has 1 aliphatic carbocycles. The fourth-order valence-corrected chi connectivity index (χ4v) is 2.55. The van der Waals surface area contributed by atoms with Crippen molar-refractivity contribution in [1.29, 1.82) is 0 Å². The van der Waals surface area contributed by atoms with E-state index in [1.165, 1.54) is 18.4 Å². The summed E-state index contributed by atoms with van der Waals surface area (Å²) in [6.07, 6.45) is 4.54. The van der Waals surface area contributed by atoms with Crippen molar-refractivity contribution < 1.29 is 9.15 Å². The molecule has 0 aliphatic heterocycles. The van der Waals surface area contributed by atoms with Gasteiger partial charge in [0.2, 0.25) is 0 Å². The van der Waals surface area contributed by atoms with Crippen LogP contribution in [-0.2, 0) is 17.8 Å². The van der Waals surface area contributed by atoms with Gasteiger partial charge in [0.05, 0.1) is 19.4 Å². The van der Waals surface area contributed by atoms with Crippen molar-refractivity contribution in [3.8, 4) is 0 Å². The summed E-state index contributed by atoms with van der Waals surface area (Å²) in [7, 11) is 3.71. The van der Waals surface area contributed by atoms with E-state index in [0.717, 1.165) is 37.9 Å². The topological polar surface area (TPSA) is 37.6 Å². The number of ether oxygens (including phenoxy) is 1. The van der Waals surface area contributed by atoms with Gasteiger partial charge >= 0.3 is 0 Å². The number of nitrogens with one attached hydrogen (secondary N) is 1. The van der Waals surface area contributed by atoms with E-state index in [1.54, 1.807) is 13.4 Å². The Bertz CT molecular complexity index is 374. The molecule has 1 aromatic rings. The zero-order chi connectivity index (χ0) is 13.7. The zero-order valence-electron chi connectivity index (χ0n) is 12.3. The van der Waals surface area contributed by atoms with Crippen molar-refractivity contribution in [2.24, 2.45) is 5.92 Å². The van der Waals surface area contributed by atoms with E-state index >= 15 is 0 Å². The molecule has 1 aliphatic rings. The summed E-state index contributed by atoms with van der Waals surface area (Å²) < 4.78 is 10.8. The second-order valence-corrected chi connectivity index (χ2v) is 5.44. The Hall–Kier alpha value is -0.840. The van der Waals surface area contributed by atoms with Gasteiger partial charge in [0, 0.05) is 31.8 Å². The molecule has 1 saturated carbocycles. The van der Waals surface area contributed by atoms with Crippen molar-refractivity contribution in [3.05, 3.63) is 23.7 Å². The van der Waals surface area contributed by atoms with Gasteiger partial charge in [-0.3, -0.25) is 4.90 Å². The molecule has 0 aromatic carbocycles. The predicted octanol–water partition coefficient (Wildman–Crippen LogP) is 2.25. The van der Waals surface area contributed by atoms with Crippen LogP contribution in [0.5, 0.6) is 0 Å². The maximum absolute atomic E-state index is 5.55. The average Bonchev–Trinajstić information content (AvgIpc) is 3.17. The molecule has 0 spiro atoms. The number of rotatable bonds is 9. The Kier molecular flexibility index (Phi) is 5.43. The SMILES string of the molecule is CNCc1occc1CN(CCOC)C(C)C1CC1. The maximum Gasteiger partial charge on any atom is 0.122 e. The summed E-state index contributed by atoms with van der Waals surface area (Å²) in [5, 5.41) is 3.15. The lowest BCUT2D eigenvalue weighted by Gasteiger charge is -2.29. The molecule has 1 N–H and O–H groups in total. The largest absolute Gasteiger partial charge is 0.468 e. The molecule has 1 fully saturated rings. The summed E-state index contributed by atoms with van der Waals surface area (Å²) >= 11 is 0. The van der Waals surface area contributed by atoms with Crippen molar-refractivity contribution >= 4 is 0 Å². The summed E-state index contributed by atoms with van der Waals surface area (Å²) in [5.41, 5.74) is 1.29. The number of hydrogen-bond donors (Lipinski definition) is 1. The summed E-state index contributed by atoms with van der Waals surface area (Å²) in [6.45, 7) is 5.85. The van der Waals surface area contributed by atoms with Gasteiger partial charge in [0.15, 0.2) is 0 Å². The van der Waals surface area contributed by atoms with Gasteiger partial charge in [0.25, 0.3) is 0 Å². The Labute approximate surface area is 116 Å². The van der Waals surface area contributed by atoms with Crippen LogP contribution in [0.25, 0.3) is 0 Å². The molecule has 1 atom stereocenters. The second-order valence-electron chi connectivity index (χ2n) is 5.44. The van der Waals surface area contributed by atoms with E-state index in [9.17, 15) is 0 Å². The van der Waals surface area contributed by atoms with Crippen LogP contribution in [-0.4, -0.2) is 38.3 Å². The monoisotopic (exact) mass is 266 g/mol. The lowest BCUT2D eigenvalue weighted by atomic mass is 10.1. The van der Waals surface area contributed by atoms with Gasteiger partial charge in [-0.1, -0.05) is 0 Å². The van der Waals surface area contributed by atoms with E-state index in [1.807, 2.05) is 7.05 Å². The lowest BCUT2D eigenvalue weighted by Crippen LogP contribution is -2.36. The number of furan rings is 1.